The monoisotopic (exact) mass is 276 g/mol. The summed E-state index contributed by atoms with van der Waals surface area (Å²) in [6, 6.07) is 9.62. The number of aryl methyl sites for hydroxylation is 1. The number of rotatable bonds is 6. The molecule has 1 aromatic rings. The molecule has 1 saturated heterocycles. The number of ether oxygens (including phenoxy) is 1. The molecular formula is C15H20N2O3. The highest BCUT2D eigenvalue weighted by Crippen LogP contribution is 2.04. The van der Waals surface area contributed by atoms with E-state index in [1.807, 2.05) is 18.2 Å². The standard InChI is InChI=1S/C15H20N2O3/c18-14(11-13-15(19)17-9-8-16-13)20-10-4-7-12-5-2-1-3-6-12/h1-3,5-6,13,16H,4,7-11H2,(H,17,19). The van der Waals surface area contributed by atoms with E-state index in [-0.39, 0.29) is 18.3 Å². The number of piperazine rings is 1. The van der Waals surface area contributed by atoms with Crippen molar-refractivity contribution in [2.75, 3.05) is 19.7 Å². The smallest absolute Gasteiger partial charge is 0.307 e. The lowest BCUT2D eigenvalue weighted by molar-refractivity contribution is -0.146. The molecule has 2 rings (SSSR count). The molecule has 108 valence electrons. The van der Waals surface area contributed by atoms with Crippen molar-refractivity contribution in [3.05, 3.63) is 35.9 Å². The summed E-state index contributed by atoms with van der Waals surface area (Å²) in [5, 5.41) is 5.72. The van der Waals surface area contributed by atoms with Crippen LogP contribution in [0, 0.1) is 0 Å². The Morgan fingerprint density at radius 2 is 2.05 bits per heavy atom. The number of carbonyl (C=O) groups excluding carboxylic acids is 2. The lowest BCUT2D eigenvalue weighted by Crippen LogP contribution is -2.53. The Labute approximate surface area is 118 Å². The minimum atomic E-state index is -0.453. The van der Waals surface area contributed by atoms with E-state index >= 15 is 0 Å². The maximum Gasteiger partial charge on any atom is 0.307 e. The second-order valence-corrected chi connectivity index (χ2v) is 4.81. The van der Waals surface area contributed by atoms with Crippen LogP contribution in [0.3, 0.4) is 0 Å². The fourth-order valence-corrected chi connectivity index (χ4v) is 2.15. The highest BCUT2D eigenvalue weighted by atomic mass is 16.5. The van der Waals surface area contributed by atoms with E-state index in [0.29, 0.717) is 19.7 Å². The van der Waals surface area contributed by atoms with E-state index in [1.54, 1.807) is 0 Å². The van der Waals surface area contributed by atoms with E-state index in [1.165, 1.54) is 5.56 Å². The largest absolute Gasteiger partial charge is 0.466 e. The Balaban J connectivity index is 1.61. The molecule has 5 nitrogen and oxygen atoms in total. The minimum Gasteiger partial charge on any atom is -0.466 e. The van der Waals surface area contributed by atoms with Gasteiger partial charge in [0.25, 0.3) is 0 Å². The first-order valence-electron chi connectivity index (χ1n) is 6.96. The third kappa shape index (κ3) is 4.66. The molecule has 0 radical (unpaired) electrons. The van der Waals surface area contributed by atoms with Crippen molar-refractivity contribution in [2.45, 2.75) is 25.3 Å². The molecule has 1 heterocycles. The van der Waals surface area contributed by atoms with Gasteiger partial charge in [-0.05, 0) is 18.4 Å². The van der Waals surface area contributed by atoms with Gasteiger partial charge in [-0.2, -0.15) is 0 Å². The fourth-order valence-electron chi connectivity index (χ4n) is 2.15. The summed E-state index contributed by atoms with van der Waals surface area (Å²) >= 11 is 0. The lowest BCUT2D eigenvalue weighted by atomic mass is 10.1. The minimum absolute atomic E-state index is 0.0944. The Kier molecular flexibility index (Phi) is 5.55. The average Bonchev–Trinajstić information content (AvgIpc) is 2.47. The van der Waals surface area contributed by atoms with Gasteiger partial charge in [0.2, 0.25) is 5.91 Å². The predicted molar refractivity (Wildman–Crippen MR) is 75.1 cm³/mol. The molecule has 1 aliphatic heterocycles. The number of amides is 1. The molecule has 0 spiro atoms. The first-order valence-corrected chi connectivity index (χ1v) is 6.96. The highest BCUT2D eigenvalue weighted by molar-refractivity contribution is 5.87. The summed E-state index contributed by atoms with van der Waals surface area (Å²) < 4.78 is 5.16. The van der Waals surface area contributed by atoms with E-state index < -0.39 is 6.04 Å². The Bertz CT molecular complexity index is 448. The van der Waals surface area contributed by atoms with Gasteiger partial charge in [0.05, 0.1) is 19.1 Å². The van der Waals surface area contributed by atoms with Crippen LogP contribution in [0.2, 0.25) is 0 Å². The zero-order valence-electron chi connectivity index (χ0n) is 11.4. The summed E-state index contributed by atoms with van der Waals surface area (Å²) in [5.41, 5.74) is 1.23. The number of benzene rings is 1. The Hall–Kier alpha value is -1.88. The van der Waals surface area contributed by atoms with Crippen LogP contribution in [-0.2, 0) is 20.7 Å². The zero-order chi connectivity index (χ0) is 14.2. The van der Waals surface area contributed by atoms with Crippen LogP contribution in [0.1, 0.15) is 18.4 Å². The van der Waals surface area contributed by atoms with E-state index in [2.05, 4.69) is 22.8 Å². The lowest BCUT2D eigenvalue weighted by Gasteiger charge is -2.22. The van der Waals surface area contributed by atoms with Crippen LogP contribution in [0.4, 0.5) is 0 Å². The number of hydrogen-bond donors (Lipinski definition) is 2. The Morgan fingerprint density at radius 3 is 2.80 bits per heavy atom. The van der Waals surface area contributed by atoms with E-state index in [9.17, 15) is 9.59 Å². The van der Waals surface area contributed by atoms with Crippen molar-refractivity contribution < 1.29 is 14.3 Å². The third-order valence-electron chi connectivity index (χ3n) is 3.22. The van der Waals surface area contributed by atoms with Gasteiger partial charge in [-0.1, -0.05) is 30.3 Å². The zero-order valence-corrected chi connectivity index (χ0v) is 11.4. The topological polar surface area (TPSA) is 67.4 Å². The molecule has 1 atom stereocenters. The number of nitrogens with one attached hydrogen (secondary N) is 2. The van der Waals surface area contributed by atoms with Gasteiger partial charge in [-0.15, -0.1) is 0 Å². The molecule has 1 amide bonds. The quantitative estimate of drug-likeness (QED) is 0.591. The molecule has 20 heavy (non-hydrogen) atoms. The van der Waals surface area contributed by atoms with Gasteiger partial charge >= 0.3 is 5.97 Å². The van der Waals surface area contributed by atoms with Gasteiger partial charge in [0.1, 0.15) is 0 Å². The van der Waals surface area contributed by atoms with Gasteiger partial charge in [-0.25, -0.2) is 0 Å². The van der Waals surface area contributed by atoms with Crippen LogP contribution >= 0.6 is 0 Å². The molecule has 0 saturated carbocycles. The molecule has 5 heteroatoms. The van der Waals surface area contributed by atoms with Gasteiger partial charge in [-0.3, -0.25) is 9.59 Å². The molecule has 2 N–H and O–H groups in total. The number of carbonyl (C=O) groups is 2. The van der Waals surface area contributed by atoms with Crippen molar-refractivity contribution in [1.82, 2.24) is 10.6 Å². The van der Waals surface area contributed by atoms with E-state index in [4.69, 9.17) is 4.74 Å². The second-order valence-electron chi connectivity index (χ2n) is 4.81. The highest BCUT2D eigenvalue weighted by Gasteiger charge is 2.24. The molecule has 1 aliphatic rings. The maximum absolute atomic E-state index is 11.6. The van der Waals surface area contributed by atoms with Gasteiger partial charge < -0.3 is 15.4 Å². The molecule has 0 bridgehead atoms. The van der Waals surface area contributed by atoms with Crippen molar-refractivity contribution >= 4 is 11.9 Å². The molecule has 1 fully saturated rings. The van der Waals surface area contributed by atoms with Gasteiger partial charge in [0, 0.05) is 13.1 Å². The van der Waals surface area contributed by atoms with Crippen LogP contribution in [0.15, 0.2) is 30.3 Å². The summed E-state index contributed by atoms with van der Waals surface area (Å²) in [6.07, 6.45) is 1.77. The van der Waals surface area contributed by atoms with Crippen molar-refractivity contribution in [1.29, 1.82) is 0 Å². The number of esters is 1. The van der Waals surface area contributed by atoms with Crippen LogP contribution in [0.25, 0.3) is 0 Å². The molecule has 0 aliphatic carbocycles. The summed E-state index contributed by atoms with van der Waals surface area (Å²) in [4.78, 5) is 23.1. The summed E-state index contributed by atoms with van der Waals surface area (Å²) in [6.45, 7) is 1.70. The van der Waals surface area contributed by atoms with Crippen molar-refractivity contribution in [3.63, 3.8) is 0 Å². The molecule has 0 aromatic heterocycles. The third-order valence-corrected chi connectivity index (χ3v) is 3.22. The first kappa shape index (κ1) is 14.5. The molecule has 1 unspecified atom stereocenters. The molecular weight excluding hydrogens is 256 g/mol. The maximum atomic E-state index is 11.6. The van der Waals surface area contributed by atoms with Crippen molar-refractivity contribution in [2.24, 2.45) is 0 Å². The normalized spacial score (nSPS) is 18.4. The van der Waals surface area contributed by atoms with Crippen molar-refractivity contribution in [3.8, 4) is 0 Å². The number of hydrogen-bond acceptors (Lipinski definition) is 4. The van der Waals surface area contributed by atoms with E-state index in [0.717, 1.165) is 12.8 Å². The predicted octanol–water partition coefficient (Wildman–Crippen LogP) is 0.641. The SMILES string of the molecule is O=C(CC1NCCNC1=O)OCCCc1ccccc1. The summed E-state index contributed by atoms with van der Waals surface area (Å²) in [7, 11) is 0. The Morgan fingerprint density at radius 1 is 1.25 bits per heavy atom. The fraction of sp³-hybridized carbons (Fsp3) is 0.467. The first-order chi connectivity index (χ1) is 9.75. The van der Waals surface area contributed by atoms with Gasteiger partial charge in [0.15, 0.2) is 0 Å². The van der Waals surface area contributed by atoms with Crippen LogP contribution in [-0.4, -0.2) is 37.6 Å². The van der Waals surface area contributed by atoms with Crippen LogP contribution in [0.5, 0.6) is 0 Å². The second kappa shape index (κ2) is 7.65. The average molecular weight is 276 g/mol. The molecule has 1 aromatic carbocycles. The summed E-state index contributed by atoms with van der Waals surface area (Å²) in [5.74, 6) is -0.454. The van der Waals surface area contributed by atoms with Crippen LogP contribution < -0.4 is 10.6 Å².